The van der Waals surface area contributed by atoms with E-state index >= 15 is 0 Å². The predicted molar refractivity (Wildman–Crippen MR) is 33.0 cm³/mol. The van der Waals surface area contributed by atoms with Crippen molar-refractivity contribution in [3.8, 4) is 0 Å². The van der Waals surface area contributed by atoms with Gasteiger partial charge in [-0.2, -0.15) is 0 Å². The van der Waals surface area contributed by atoms with Gasteiger partial charge >= 0.3 is 68.7 Å². The van der Waals surface area contributed by atoms with Crippen molar-refractivity contribution >= 4 is 14.0 Å². The first-order valence-corrected chi connectivity index (χ1v) is 4.47. The Labute approximate surface area is 97.3 Å². The van der Waals surface area contributed by atoms with Gasteiger partial charge in [-0.1, -0.05) is 0 Å². The largest absolute Gasteiger partial charge is 1.00 e. The molecular weight excluding hydrogens is 252 g/mol. The topological polar surface area (TPSA) is 35.5 Å². The standard InChI is InChI=1S/C3H6O3.F6P.Na/c1-5-3(4)6-2;1-7(2,3,4,5)6;/h1-2H3;;/q;-1;+1. The molecule has 0 saturated heterocycles. The van der Waals surface area contributed by atoms with Crippen LogP contribution in [0.25, 0.3) is 0 Å². The first kappa shape index (κ1) is 19.8. The Kier molecular flexibility index (Phi) is 6.88. The van der Waals surface area contributed by atoms with Crippen molar-refractivity contribution in [1.29, 1.82) is 0 Å². The number of rotatable bonds is 0. The zero-order chi connectivity index (χ0) is 11.4. The van der Waals surface area contributed by atoms with E-state index in [2.05, 4.69) is 9.47 Å². The van der Waals surface area contributed by atoms with Gasteiger partial charge < -0.3 is 9.47 Å². The fraction of sp³-hybridized carbons (Fsp3) is 0.667. The molecule has 0 rings (SSSR count). The smallest absolute Gasteiger partial charge is 1.00 e. The second-order valence-electron chi connectivity index (χ2n) is 1.62. The van der Waals surface area contributed by atoms with Crippen LogP contribution in [0.2, 0.25) is 0 Å². The molecule has 14 heavy (non-hydrogen) atoms. The molecule has 0 spiro atoms. The van der Waals surface area contributed by atoms with Crippen molar-refractivity contribution in [2.24, 2.45) is 0 Å². The molecule has 3 nitrogen and oxygen atoms in total. The summed E-state index contributed by atoms with van der Waals surface area (Å²) in [4.78, 5) is 9.74. The number of halogens is 6. The SMILES string of the molecule is COC(=O)OC.F[P-](F)(F)(F)(F)F.[Na+]. The zero-order valence-corrected chi connectivity index (χ0v) is 10.3. The molecule has 0 aromatic carbocycles. The van der Waals surface area contributed by atoms with Crippen LogP contribution in [0.1, 0.15) is 0 Å². The fourth-order valence-electron chi connectivity index (χ4n) is 0.0833. The van der Waals surface area contributed by atoms with Gasteiger partial charge in [-0.15, -0.1) is 0 Å². The Hall–Kier alpha value is 0.280. The average molecular weight is 258 g/mol. The number of carbonyl (C=O) groups excluding carboxylic acids is 1. The van der Waals surface area contributed by atoms with E-state index in [-0.39, 0.29) is 29.6 Å². The molecule has 11 heteroatoms. The Bertz CT molecular complexity index is 168. The molecule has 0 fully saturated rings. The minimum Gasteiger partial charge on any atom is 1.00 e. The van der Waals surface area contributed by atoms with Crippen molar-refractivity contribution in [1.82, 2.24) is 0 Å². The quantitative estimate of drug-likeness (QED) is 0.279. The molecule has 0 saturated carbocycles. The minimum atomic E-state index is -10.7. The molecule has 0 aliphatic rings. The van der Waals surface area contributed by atoms with Crippen LogP contribution in [0.15, 0.2) is 0 Å². The van der Waals surface area contributed by atoms with E-state index in [0.717, 1.165) is 0 Å². The van der Waals surface area contributed by atoms with E-state index in [1.165, 1.54) is 14.2 Å². The van der Waals surface area contributed by atoms with Crippen LogP contribution in [-0.2, 0) is 9.47 Å². The van der Waals surface area contributed by atoms with Gasteiger partial charge in [-0.25, -0.2) is 4.79 Å². The number of hydrogen-bond donors (Lipinski definition) is 0. The van der Waals surface area contributed by atoms with E-state index in [9.17, 15) is 30.0 Å². The van der Waals surface area contributed by atoms with Gasteiger partial charge in [0.15, 0.2) is 0 Å². The predicted octanol–water partition coefficient (Wildman–Crippen LogP) is 0.786. The van der Waals surface area contributed by atoms with E-state index in [0.29, 0.717) is 0 Å². The summed E-state index contributed by atoms with van der Waals surface area (Å²) in [6, 6.07) is 0. The Morgan fingerprint density at radius 2 is 1.07 bits per heavy atom. The number of carbonyl (C=O) groups is 1. The van der Waals surface area contributed by atoms with Crippen LogP contribution >= 0.6 is 7.81 Å². The molecule has 0 unspecified atom stereocenters. The van der Waals surface area contributed by atoms with Crippen LogP contribution in [0, 0.1) is 0 Å². The van der Waals surface area contributed by atoms with Crippen molar-refractivity contribution in [3.05, 3.63) is 0 Å². The summed E-state index contributed by atoms with van der Waals surface area (Å²) in [6.45, 7) is 0. The van der Waals surface area contributed by atoms with Crippen LogP contribution in [0.4, 0.5) is 30.0 Å². The van der Waals surface area contributed by atoms with Crippen LogP contribution < -0.4 is 29.6 Å². The maximum atomic E-state index is 9.87. The molecule has 0 bridgehead atoms. The third-order valence-electron chi connectivity index (χ3n) is 0.333. The first-order valence-electron chi connectivity index (χ1n) is 2.44. The van der Waals surface area contributed by atoms with E-state index in [1.807, 2.05) is 0 Å². The molecule has 0 heterocycles. The normalized spacial score (nSPS) is 14.6. The second-order valence-corrected chi connectivity index (χ2v) is 3.53. The second kappa shape index (κ2) is 4.87. The van der Waals surface area contributed by atoms with Crippen LogP contribution in [0.5, 0.6) is 0 Å². The summed E-state index contributed by atoms with van der Waals surface area (Å²) >= 11 is 0. The Balaban J connectivity index is -0.000000163. The van der Waals surface area contributed by atoms with Gasteiger partial charge in [0.2, 0.25) is 0 Å². The summed E-state index contributed by atoms with van der Waals surface area (Å²) in [5.74, 6) is 0. The molecule has 0 aliphatic heterocycles. The molecular formula is C3H6F6NaO3P. The first-order chi connectivity index (χ1) is 5.26. The molecule has 0 aliphatic carbocycles. The van der Waals surface area contributed by atoms with Crippen molar-refractivity contribution in [3.63, 3.8) is 0 Å². The van der Waals surface area contributed by atoms with E-state index < -0.39 is 14.0 Å². The van der Waals surface area contributed by atoms with Crippen LogP contribution in [-0.4, -0.2) is 20.4 Å². The summed E-state index contributed by atoms with van der Waals surface area (Å²) in [5.41, 5.74) is 0. The molecule has 0 N–H and O–H groups in total. The Morgan fingerprint density at radius 3 is 1.07 bits per heavy atom. The van der Waals surface area contributed by atoms with Gasteiger partial charge in [0.05, 0.1) is 14.2 Å². The van der Waals surface area contributed by atoms with Crippen LogP contribution in [0.3, 0.4) is 0 Å². The van der Waals surface area contributed by atoms with Gasteiger partial charge in [-0.05, 0) is 0 Å². The molecule has 0 aromatic heterocycles. The van der Waals surface area contributed by atoms with Gasteiger partial charge in [0.25, 0.3) is 0 Å². The fourth-order valence-corrected chi connectivity index (χ4v) is 0.0833. The molecule has 84 valence electrons. The van der Waals surface area contributed by atoms with E-state index in [1.54, 1.807) is 0 Å². The van der Waals surface area contributed by atoms with Crippen molar-refractivity contribution in [2.45, 2.75) is 0 Å². The van der Waals surface area contributed by atoms with E-state index in [4.69, 9.17) is 0 Å². The third kappa shape index (κ3) is 85.3. The van der Waals surface area contributed by atoms with Gasteiger partial charge in [0, 0.05) is 0 Å². The van der Waals surface area contributed by atoms with Gasteiger partial charge in [-0.3, -0.25) is 0 Å². The summed E-state index contributed by atoms with van der Waals surface area (Å²) in [5, 5.41) is 0. The zero-order valence-electron chi connectivity index (χ0n) is 7.44. The minimum absolute atomic E-state index is 0. The molecule has 0 atom stereocenters. The summed E-state index contributed by atoms with van der Waals surface area (Å²) < 4.78 is 67.3. The maximum absolute atomic E-state index is 10.7. The monoisotopic (exact) mass is 258 g/mol. The average Bonchev–Trinajstić information content (AvgIpc) is 1.79. The Morgan fingerprint density at radius 1 is 0.929 bits per heavy atom. The summed E-state index contributed by atoms with van der Waals surface area (Å²) in [7, 11) is -8.15. The third-order valence-corrected chi connectivity index (χ3v) is 0.333. The molecule has 0 radical (unpaired) electrons. The van der Waals surface area contributed by atoms with Crippen molar-refractivity contribution in [2.75, 3.05) is 14.2 Å². The number of hydrogen-bond acceptors (Lipinski definition) is 3. The van der Waals surface area contributed by atoms with Crippen molar-refractivity contribution < 1.29 is 69.0 Å². The molecule has 0 aromatic rings. The number of methoxy groups -OCH3 is 2. The van der Waals surface area contributed by atoms with Gasteiger partial charge in [0.1, 0.15) is 0 Å². The number of ether oxygens (including phenoxy) is 2. The molecule has 0 amide bonds. The summed E-state index contributed by atoms with van der Waals surface area (Å²) in [6.07, 6.45) is -0.657. The maximum Gasteiger partial charge on any atom is 1.00 e.